The van der Waals surface area contributed by atoms with Crippen LogP contribution in [0.1, 0.15) is 11.1 Å². The van der Waals surface area contributed by atoms with Gasteiger partial charge < -0.3 is 5.11 Å². The highest BCUT2D eigenvalue weighted by Crippen LogP contribution is 2.03. The average Bonchev–Trinajstić information content (AvgIpc) is 2.21. The molecule has 2 N–H and O–H groups in total. The van der Waals surface area contributed by atoms with Crippen LogP contribution in [0.5, 0.6) is 0 Å². The van der Waals surface area contributed by atoms with Crippen LogP contribution in [0, 0.1) is 6.92 Å². The van der Waals surface area contributed by atoms with Crippen LogP contribution in [0.3, 0.4) is 0 Å². The number of hydrogen-bond donors (Lipinski definition) is 3. The van der Waals surface area contributed by atoms with Crippen molar-refractivity contribution >= 4 is 18.6 Å². The fraction of sp³-hybridized carbons (Fsp3) is 0.364. The summed E-state index contributed by atoms with van der Waals surface area (Å²) >= 11 is 3.97. The lowest BCUT2D eigenvalue weighted by Crippen LogP contribution is -2.37. The van der Waals surface area contributed by atoms with Gasteiger partial charge in [0.2, 0.25) is 0 Å². The molecule has 0 aliphatic carbocycles. The Morgan fingerprint density at radius 2 is 2.07 bits per heavy atom. The quantitative estimate of drug-likeness (QED) is 0.665. The van der Waals surface area contributed by atoms with Gasteiger partial charge >= 0.3 is 5.97 Å². The molecule has 0 saturated heterocycles. The van der Waals surface area contributed by atoms with Gasteiger partial charge in [-0.15, -0.1) is 0 Å². The molecular weight excluding hydrogens is 210 g/mol. The molecule has 0 saturated carbocycles. The third kappa shape index (κ3) is 3.93. The molecule has 82 valence electrons. The maximum absolute atomic E-state index is 10.7. The minimum Gasteiger partial charge on any atom is -0.480 e. The Morgan fingerprint density at radius 1 is 1.47 bits per heavy atom. The van der Waals surface area contributed by atoms with E-state index in [2.05, 4.69) is 17.9 Å². The molecule has 3 nitrogen and oxygen atoms in total. The van der Waals surface area contributed by atoms with Crippen molar-refractivity contribution < 1.29 is 9.90 Å². The lowest BCUT2D eigenvalue weighted by atomic mass is 10.1. The fourth-order valence-corrected chi connectivity index (χ4v) is 1.46. The Hall–Kier alpha value is -1.00. The molecule has 15 heavy (non-hydrogen) atoms. The van der Waals surface area contributed by atoms with Crippen molar-refractivity contribution in [2.75, 3.05) is 5.75 Å². The van der Waals surface area contributed by atoms with Gasteiger partial charge in [0, 0.05) is 12.3 Å². The zero-order valence-electron chi connectivity index (χ0n) is 8.60. The van der Waals surface area contributed by atoms with E-state index in [0.717, 1.165) is 5.56 Å². The van der Waals surface area contributed by atoms with Gasteiger partial charge in [0.1, 0.15) is 6.04 Å². The highest BCUT2D eigenvalue weighted by atomic mass is 32.1. The molecule has 0 aliphatic heterocycles. The molecule has 0 spiro atoms. The van der Waals surface area contributed by atoms with Gasteiger partial charge in [-0.25, -0.2) is 0 Å². The van der Waals surface area contributed by atoms with Gasteiger partial charge in [-0.1, -0.05) is 29.8 Å². The summed E-state index contributed by atoms with van der Waals surface area (Å²) in [6.45, 7) is 2.57. The van der Waals surface area contributed by atoms with Crippen molar-refractivity contribution in [3.05, 3.63) is 35.4 Å². The number of nitrogens with one attached hydrogen (secondary N) is 1. The van der Waals surface area contributed by atoms with E-state index in [-0.39, 0.29) is 0 Å². The second-order valence-electron chi connectivity index (χ2n) is 3.44. The van der Waals surface area contributed by atoms with Gasteiger partial charge in [-0.2, -0.15) is 12.6 Å². The first kappa shape index (κ1) is 12.1. The summed E-state index contributed by atoms with van der Waals surface area (Å²) < 4.78 is 0. The summed E-state index contributed by atoms with van der Waals surface area (Å²) in [6, 6.07) is 7.40. The summed E-state index contributed by atoms with van der Waals surface area (Å²) in [4.78, 5) is 10.7. The lowest BCUT2D eigenvalue weighted by molar-refractivity contribution is -0.138. The lowest BCUT2D eigenvalue weighted by Gasteiger charge is -2.11. The smallest absolute Gasteiger partial charge is 0.321 e. The van der Waals surface area contributed by atoms with Crippen LogP contribution in [0.25, 0.3) is 0 Å². The van der Waals surface area contributed by atoms with Crippen molar-refractivity contribution in [3.63, 3.8) is 0 Å². The SMILES string of the molecule is Cc1ccc(CN[C@H](CS)C(=O)O)cc1. The van der Waals surface area contributed by atoms with Gasteiger partial charge in [0.15, 0.2) is 0 Å². The van der Waals surface area contributed by atoms with Crippen LogP contribution >= 0.6 is 12.6 Å². The second-order valence-corrected chi connectivity index (χ2v) is 3.81. The maximum Gasteiger partial charge on any atom is 0.321 e. The zero-order chi connectivity index (χ0) is 11.3. The standard InChI is InChI=1S/C11H15NO2S/c1-8-2-4-9(5-3-8)6-12-10(7-15)11(13)14/h2-5,10,12,15H,6-7H2,1H3,(H,13,14)/t10-/m1/s1. The summed E-state index contributed by atoms with van der Waals surface area (Å²) in [6.07, 6.45) is 0. The van der Waals surface area contributed by atoms with E-state index in [9.17, 15) is 4.79 Å². The van der Waals surface area contributed by atoms with Gasteiger partial charge in [0.25, 0.3) is 0 Å². The number of aliphatic carboxylic acids is 1. The van der Waals surface area contributed by atoms with E-state index < -0.39 is 12.0 Å². The summed E-state index contributed by atoms with van der Waals surface area (Å²) in [5.74, 6) is -0.571. The number of carboxylic acid groups (broad SMARTS) is 1. The minimum absolute atomic E-state index is 0.293. The number of rotatable bonds is 5. The Labute approximate surface area is 94.9 Å². The second kappa shape index (κ2) is 5.78. The van der Waals surface area contributed by atoms with E-state index in [1.54, 1.807) is 0 Å². The summed E-state index contributed by atoms with van der Waals surface area (Å²) in [5, 5.41) is 11.7. The molecule has 0 radical (unpaired) electrons. The fourth-order valence-electron chi connectivity index (χ4n) is 1.18. The first-order chi connectivity index (χ1) is 7.13. The third-order valence-electron chi connectivity index (χ3n) is 2.15. The normalized spacial score (nSPS) is 12.4. The molecule has 1 aromatic carbocycles. The molecule has 4 heteroatoms. The Bertz CT molecular complexity index is 324. The third-order valence-corrected chi connectivity index (χ3v) is 2.52. The molecule has 1 rings (SSSR count). The predicted molar refractivity (Wildman–Crippen MR) is 63.3 cm³/mol. The van der Waals surface area contributed by atoms with Crippen LogP contribution in [-0.2, 0) is 11.3 Å². The van der Waals surface area contributed by atoms with E-state index in [4.69, 9.17) is 5.11 Å². The minimum atomic E-state index is -0.864. The maximum atomic E-state index is 10.7. The molecule has 1 atom stereocenters. The Morgan fingerprint density at radius 3 is 2.53 bits per heavy atom. The first-order valence-electron chi connectivity index (χ1n) is 4.76. The van der Waals surface area contributed by atoms with Gasteiger partial charge in [-0.3, -0.25) is 10.1 Å². The van der Waals surface area contributed by atoms with Crippen molar-refractivity contribution in [1.29, 1.82) is 0 Å². The summed E-state index contributed by atoms with van der Waals surface area (Å²) in [5.41, 5.74) is 2.27. The molecule has 0 unspecified atom stereocenters. The molecule has 0 aliphatic rings. The van der Waals surface area contributed by atoms with Crippen molar-refractivity contribution in [2.24, 2.45) is 0 Å². The largest absolute Gasteiger partial charge is 0.480 e. The number of hydrogen-bond acceptors (Lipinski definition) is 3. The molecule has 0 amide bonds. The van der Waals surface area contributed by atoms with E-state index >= 15 is 0 Å². The molecule has 0 bridgehead atoms. The van der Waals surface area contributed by atoms with Crippen molar-refractivity contribution in [3.8, 4) is 0 Å². The number of carbonyl (C=O) groups is 1. The van der Waals surface area contributed by atoms with Crippen molar-refractivity contribution in [1.82, 2.24) is 5.32 Å². The molecule has 0 aromatic heterocycles. The van der Waals surface area contributed by atoms with E-state index in [1.807, 2.05) is 31.2 Å². The Kier molecular flexibility index (Phi) is 4.65. The first-order valence-corrected chi connectivity index (χ1v) is 5.39. The number of carboxylic acids is 1. The van der Waals surface area contributed by atoms with Gasteiger partial charge in [-0.05, 0) is 12.5 Å². The highest BCUT2D eigenvalue weighted by Gasteiger charge is 2.13. The van der Waals surface area contributed by atoms with E-state index in [1.165, 1.54) is 5.56 Å². The average molecular weight is 225 g/mol. The monoisotopic (exact) mass is 225 g/mol. The molecule has 0 heterocycles. The molecule has 0 fully saturated rings. The topological polar surface area (TPSA) is 49.3 Å². The number of benzene rings is 1. The van der Waals surface area contributed by atoms with E-state index in [0.29, 0.717) is 12.3 Å². The van der Waals surface area contributed by atoms with Crippen LogP contribution in [0.15, 0.2) is 24.3 Å². The Balaban J connectivity index is 2.49. The number of thiol groups is 1. The highest BCUT2D eigenvalue weighted by molar-refractivity contribution is 7.80. The zero-order valence-corrected chi connectivity index (χ0v) is 9.50. The predicted octanol–water partition coefficient (Wildman–Crippen LogP) is 1.47. The number of aryl methyl sites for hydroxylation is 1. The van der Waals surface area contributed by atoms with Gasteiger partial charge in [0.05, 0.1) is 0 Å². The molecular formula is C11H15NO2S. The summed E-state index contributed by atoms with van der Waals surface area (Å²) in [7, 11) is 0. The van der Waals surface area contributed by atoms with Crippen molar-refractivity contribution in [2.45, 2.75) is 19.5 Å². The van der Waals surface area contributed by atoms with Crippen LogP contribution in [0.2, 0.25) is 0 Å². The van der Waals surface area contributed by atoms with Crippen LogP contribution in [0.4, 0.5) is 0 Å². The molecule has 1 aromatic rings. The van der Waals surface area contributed by atoms with Crippen LogP contribution < -0.4 is 5.32 Å². The van der Waals surface area contributed by atoms with Crippen LogP contribution in [-0.4, -0.2) is 22.9 Å².